The minimum atomic E-state index is 0. The summed E-state index contributed by atoms with van der Waals surface area (Å²) >= 11 is 0.835. The predicted octanol–water partition coefficient (Wildman–Crippen LogP) is 2.22. The molecule has 0 aliphatic rings. The Labute approximate surface area is 76.9 Å². The van der Waals surface area contributed by atoms with Crippen molar-refractivity contribution < 1.29 is 25.8 Å². The van der Waals surface area contributed by atoms with E-state index >= 15 is 0 Å². The summed E-state index contributed by atoms with van der Waals surface area (Å²) in [5.74, 6) is 0. The van der Waals surface area contributed by atoms with Gasteiger partial charge in [0, 0.05) is 0 Å². The molecule has 1 atom stereocenters. The van der Waals surface area contributed by atoms with E-state index in [1.807, 2.05) is 0 Å². The molecule has 0 amide bonds. The van der Waals surface area contributed by atoms with Gasteiger partial charge in [0.25, 0.3) is 0 Å². The first-order chi connectivity index (χ1) is 3.31. The summed E-state index contributed by atoms with van der Waals surface area (Å²) in [6, 6.07) is 2.24. The van der Waals surface area contributed by atoms with Gasteiger partial charge in [-0.05, 0) is 0 Å². The van der Waals surface area contributed by atoms with Gasteiger partial charge in [0.15, 0.2) is 0 Å². The molecule has 0 rings (SSSR count). The normalized spacial score (nSPS) is 11.2. The third-order valence-corrected chi connectivity index (χ3v) is 2.51. The van der Waals surface area contributed by atoms with Gasteiger partial charge in [-0.2, -0.15) is 0 Å². The quantitative estimate of drug-likeness (QED) is 0.709. The Morgan fingerprint density at radius 2 is 2.25 bits per heavy atom. The number of halogens is 1. The molecule has 1 nitrogen and oxygen atoms in total. The van der Waals surface area contributed by atoms with Crippen LogP contribution in [0.15, 0.2) is 0 Å². The summed E-state index contributed by atoms with van der Waals surface area (Å²) in [5.41, 5.74) is 0. The number of nitrogens with zero attached hydrogens (tertiary/aromatic N) is 1. The Hall–Kier alpha value is 0.892. The fourth-order valence-corrected chi connectivity index (χ4v) is 1.58. The van der Waals surface area contributed by atoms with Crippen molar-refractivity contribution in [3.63, 3.8) is 0 Å². The molecule has 0 radical (unpaired) electrons. The van der Waals surface area contributed by atoms with Crippen LogP contribution in [0.5, 0.6) is 0 Å². The number of nitriles is 1. The van der Waals surface area contributed by atoms with Crippen molar-refractivity contribution in [1.82, 2.24) is 0 Å². The van der Waals surface area contributed by atoms with Crippen LogP contribution in [0.25, 0.3) is 0 Å². The third kappa shape index (κ3) is 6.89. The van der Waals surface area contributed by atoms with Crippen LogP contribution in [0.2, 0.25) is 3.48 Å². The molecule has 0 saturated heterocycles. The molecule has 0 spiro atoms. The van der Waals surface area contributed by atoms with E-state index in [2.05, 4.69) is 13.0 Å². The van der Waals surface area contributed by atoms with E-state index in [0.29, 0.717) is 3.48 Å². The van der Waals surface area contributed by atoms with Crippen molar-refractivity contribution in [1.29, 1.82) is 5.26 Å². The zero-order chi connectivity index (χ0) is 5.70. The second-order valence-electron chi connectivity index (χ2n) is 1.61. The van der Waals surface area contributed by atoms with Gasteiger partial charge in [-0.1, -0.05) is 0 Å². The molecular formula is C5H9BrCdN. The topological polar surface area (TPSA) is 23.8 Å². The van der Waals surface area contributed by atoms with E-state index in [9.17, 15) is 0 Å². The number of hydrogen-bond acceptors (Lipinski definition) is 1. The molecule has 0 heterocycles. The molecule has 1 unspecified atom stereocenters. The van der Waals surface area contributed by atoms with Crippen molar-refractivity contribution in [3.8, 4) is 6.07 Å². The molecule has 0 N–H and O–H groups in total. The molecule has 0 aromatic heterocycles. The fraction of sp³-hybridized carbons (Fsp3) is 0.800. The average molecular weight is 275 g/mol. The van der Waals surface area contributed by atoms with Crippen LogP contribution in [0, 0.1) is 11.3 Å². The van der Waals surface area contributed by atoms with Crippen molar-refractivity contribution in [2.45, 2.75) is 23.2 Å². The SMILES string of the molecule is Br.CCC[CH]([Cd])C#N. The molecule has 0 aliphatic carbocycles. The Kier molecular flexibility index (Phi) is 11.5. The summed E-state index contributed by atoms with van der Waals surface area (Å²) in [6.07, 6.45) is 2.28. The average Bonchev–Trinajstić information content (AvgIpc) is 1.68. The van der Waals surface area contributed by atoms with Gasteiger partial charge in [0.2, 0.25) is 0 Å². The summed E-state index contributed by atoms with van der Waals surface area (Å²) < 4.78 is 0.425. The predicted molar refractivity (Wildman–Crippen MR) is 34.6 cm³/mol. The van der Waals surface area contributed by atoms with Crippen LogP contribution < -0.4 is 0 Å². The van der Waals surface area contributed by atoms with Crippen LogP contribution in [0.3, 0.4) is 0 Å². The second-order valence-corrected chi connectivity index (χ2v) is 4.43. The third-order valence-electron chi connectivity index (χ3n) is 0.820. The molecule has 43 valence electrons. The van der Waals surface area contributed by atoms with Crippen molar-refractivity contribution >= 4 is 17.0 Å². The van der Waals surface area contributed by atoms with Gasteiger partial charge in [-0.3, -0.25) is 0 Å². The molecule has 0 fully saturated rings. The monoisotopic (exact) mass is 276 g/mol. The van der Waals surface area contributed by atoms with Crippen LogP contribution in [0.4, 0.5) is 0 Å². The van der Waals surface area contributed by atoms with Gasteiger partial charge in [0.1, 0.15) is 0 Å². The van der Waals surface area contributed by atoms with Crippen LogP contribution in [-0.4, -0.2) is 0 Å². The molecule has 0 saturated carbocycles. The van der Waals surface area contributed by atoms with Crippen molar-refractivity contribution in [3.05, 3.63) is 0 Å². The Balaban J connectivity index is 0. The fourth-order valence-electron chi connectivity index (χ4n) is 0.413. The molecule has 0 aromatic carbocycles. The Morgan fingerprint density at radius 3 is 2.38 bits per heavy atom. The molecule has 0 bridgehead atoms. The van der Waals surface area contributed by atoms with E-state index in [1.54, 1.807) is 0 Å². The molecule has 8 heavy (non-hydrogen) atoms. The minimum absolute atomic E-state index is 0. The Morgan fingerprint density at radius 1 is 1.75 bits per heavy atom. The zero-order valence-electron chi connectivity index (χ0n) is 5.05. The summed E-state index contributed by atoms with van der Waals surface area (Å²) in [4.78, 5) is 0. The first kappa shape index (κ1) is 11.7. The van der Waals surface area contributed by atoms with Gasteiger partial charge < -0.3 is 0 Å². The van der Waals surface area contributed by atoms with Crippen LogP contribution >= 0.6 is 17.0 Å². The first-order valence-electron chi connectivity index (χ1n) is 2.54. The van der Waals surface area contributed by atoms with Gasteiger partial charge >= 0.3 is 60.3 Å². The van der Waals surface area contributed by atoms with E-state index in [4.69, 9.17) is 5.26 Å². The van der Waals surface area contributed by atoms with Gasteiger partial charge in [-0.15, -0.1) is 17.0 Å². The molecule has 0 aliphatic heterocycles. The summed E-state index contributed by atoms with van der Waals surface area (Å²) in [6.45, 7) is 2.12. The first-order valence-corrected chi connectivity index (χ1v) is 4.87. The standard InChI is InChI=1S/C5H8N.BrH.Cd/c1-2-3-4-5-6;;/h4H,2-3H2,1H3;1H;. The van der Waals surface area contributed by atoms with Gasteiger partial charge in [0.05, 0.1) is 0 Å². The summed E-state index contributed by atoms with van der Waals surface area (Å²) in [5, 5.41) is 8.26. The van der Waals surface area contributed by atoms with E-state index in [1.165, 1.54) is 0 Å². The molecular weight excluding hydrogens is 266 g/mol. The second kappa shape index (κ2) is 7.89. The van der Waals surface area contributed by atoms with Crippen LogP contribution in [-0.2, 0) is 25.8 Å². The maximum atomic E-state index is 8.26. The summed E-state index contributed by atoms with van der Waals surface area (Å²) in [7, 11) is 0. The molecule has 0 aromatic rings. The zero-order valence-corrected chi connectivity index (χ0v) is 10.8. The maximum absolute atomic E-state index is 8.26. The van der Waals surface area contributed by atoms with Crippen molar-refractivity contribution in [2.75, 3.05) is 0 Å². The van der Waals surface area contributed by atoms with Crippen molar-refractivity contribution in [2.24, 2.45) is 0 Å². The van der Waals surface area contributed by atoms with E-state index in [0.717, 1.165) is 38.6 Å². The Bertz CT molecular complexity index is 79.0. The number of rotatable bonds is 2. The van der Waals surface area contributed by atoms with E-state index in [-0.39, 0.29) is 17.0 Å². The van der Waals surface area contributed by atoms with Gasteiger partial charge in [-0.25, -0.2) is 0 Å². The van der Waals surface area contributed by atoms with Crippen LogP contribution in [0.1, 0.15) is 19.8 Å². The van der Waals surface area contributed by atoms with E-state index < -0.39 is 0 Å². The molecule has 3 heteroatoms. The number of hydrogen-bond donors (Lipinski definition) is 0.